The molecule has 0 atom stereocenters. The molecular weight excluding hydrogens is 114 g/mol. The Morgan fingerprint density at radius 3 is 2.56 bits per heavy atom. The molecule has 2 N–H and O–H groups in total. The molecule has 0 radical (unpaired) electrons. The zero-order chi connectivity index (χ0) is 7.33. The molecule has 0 spiro atoms. The number of aliphatic hydroxyl groups is 1. The zero-order valence-corrected chi connectivity index (χ0v) is 5.94. The maximum absolute atomic E-state index is 8.69. The van der Waals surface area contributed by atoms with Crippen molar-refractivity contribution in [2.45, 2.75) is 19.4 Å². The topological polar surface area (TPSA) is 32.3 Å². The van der Waals surface area contributed by atoms with Crippen molar-refractivity contribution in [3.63, 3.8) is 0 Å². The largest absolute Gasteiger partial charge is 0.394 e. The van der Waals surface area contributed by atoms with Gasteiger partial charge in [0.2, 0.25) is 0 Å². The fourth-order valence-corrected chi connectivity index (χ4v) is 0.346. The summed E-state index contributed by atoms with van der Waals surface area (Å²) in [4.78, 5) is 0. The summed E-state index contributed by atoms with van der Waals surface area (Å²) in [7, 11) is 0. The molecule has 9 heavy (non-hydrogen) atoms. The van der Waals surface area contributed by atoms with Gasteiger partial charge in [-0.1, -0.05) is 5.92 Å². The third-order valence-corrected chi connectivity index (χ3v) is 1.06. The number of hydrogen-bond acceptors (Lipinski definition) is 2. The molecule has 2 nitrogen and oxygen atoms in total. The second-order valence-electron chi connectivity index (χ2n) is 2.60. The second-order valence-corrected chi connectivity index (χ2v) is 2.60. The Morgan fingerprint density at radius 1 is 1.67 bits per heavy atom. The Balaban J connectivity index is 3.48. The molecule has 0 heterocycles. The first-order valence-corrected chi connectivity index (χ1v) is 2.92. The van der Waals surface area contributed by atoms with Gasteiger partial charge in [-0.3, -0.25) is 5.32 Å². The van der Waals surface area contributed by atoms with Gasteiger partial charge in [-0.2, -0.15) is 0 Å². The molecule has 0 amide bonds. The summed E-state index contributed by atoms with van der Waals surface area (Å²) in [6.07, 6.45) is 5.00. The van der Waals surface area contributed by atoms with Gasteiger partial charge in [0.15, 0.2) is 0 Å². The Bertz CT molecular complexity index is 113. The summed E-state index contributed by atoms with van der Waals surface area (Å²) in [5.41, 5.74) is -0.244. The van der Waals surface area contributed by atoms with Crippen LogP contribution in [0.4, 0.5) is 0 Å². The molecule has 0 saturated carbocycles. The van der Waals surface area contributed by atoms with Gasteiger partial charge in [0.1, 0.15) is 0 Å². The summed E-state index contributed by atoms with van der Waals surface area (Å²) in [5, 5.41) is 11.7. The van der Waals surface area contributed by atoms with Gasteiger partial charge in [-0.15, -0.1) is 6.42 Å². The minimum Gasteiger partial charge on any atom is -0.394 e. The summed E-state index contributed by atoms with van der Waals surface area (Å²) >= 11 is 0. The maximum Gasteiger partial charge on any atom is 0.0608 e. The van der Waals surface area contributed by atoms with Crippen molar-refractivity contribution in [3.05, 3.63) is 0 Å². The molecule has 0 fully saturated rings. The highest BCUT2D eigenvalue weighted by Crippen LogP contribution is 1.97. The van der Waals surface area contributed by atoms with Gasteiger partial charge in [0, 0.05) is 5.54 Å². The van der Waals surface area contributed by atoms with Gasteiger partial charge in [-0.25, -0.2) is 0 Å². The van der Waals surface area contributed by atoms with Crippen LogP contribution < -0.4 is 5.32 Å². The van der Waals surface area contributed by atoms with Crippen LogP contribution in [0.15, 0.2) is 0 Å². The fourth-order valence-electron chi connectivity index (χ4n) is 0.346. The highest BCUT2D eigenvalue weighted by molar-refractivity contribution is 4.90. The molecule has 2 heteroatoms. The quantitative estimate of drug-likeness (QED) is 0.522. The lowest BCUT2D eigenvalue weighted by Crippen LogP contribution is -2.42. The SMILES string of the molecule is C#CCNC(C)(C)CO. The molecule has 0 saturated heterocycles. The van der Waals surface area contributed by atoms with Crippen LogP contribution in [0.1, 0.15) is 13.8 Å². The molecule has 0 bridgehead atoms. The molecule has 0 aromatic carbocycles. The highest BCUT2D eigenvalue weighted by atomic mass is 16.3. The van der Waals surface area contributed by atoms with Crippen molar-refractivity contribution in [3.8, 4) is 12.3 Å². The molecule has 0 aromatic rings. The van der Waals surface area contributed by atoms with Crippen molar-refractivity contribution in [1.82, 2.24) is 5.32 Å². The van der Waals surface area contributed by atoms with Crippen LogP contribution in [-0.2, 0) is 0 Å². The minimum atomic E-state index is -0.244. The normalized spacial score (nSPS) is 10.9. The van der Waals surface area contributed by atoms with E-state index in [1.807, 2.05) is 13.8 Å². The van der Waals surface area contributed by atoms with Gasteiger partial charge < -0.3 is 5.11 Å². The van der Waals surface area contributed by atoms with E-state index in [0.717, 1.165) is 0 Å². The van der Waals surface area contributed by atoms with E-state index in [1.54, 1.807) is 0 Å². The number of rotatable bonds is 3. The lowest BCUT2D eigenvalue weighted by Gasteiger charge is -2.21. The van der Waals surface area contributed by atoms with E-state index in [4.69, 9.17) is 11.5 Å². The minimum absolute atomic E-state index is 0.106. The second kappa shape index (κ2) is 3.49. The first-order chi connectivity index (χ1) is 4.12. The Labute approximate surface area is 56.3 Å². The van der Waals surface area contributed by atoms with Crippen LogP contribution in [0.5, 0.6) is 0 Å². The molecule has 0 aliphatic carbocycles. The van der Waals surface area contributed by atoms with Crippen molar-refractivity contribution >= 4 is 0 Å². The lowest BCUT2D eigenvalue weighted by molar-refractivity contribution is 0.193. The van der Waals surface area contributed by atoms with Crippen LogP contribution in [-0.4, -0.2) is 23.8 Å². The summed E-state index contributed by atoms with van der Waals surface area (Å²) in [6.45, 7) is 4.40. The third-order valence-electron chi connectivity index (χ3n) is 1.06. The van der Waals surface area contributed by atoms with Crippen molar-refractivity contribution in [2.24, 2.45) is 0 Å². The summed E-state index contributed by atoms with van der Waals surface area (Å²) in [6, 6.07) is 0. The van der Waals surface area contributed by atoms with E-state index < -0.39 is 0 Å². The van der Waals surface area contributed by atoms with Gasteiger partial charge >= 0.3 is 0 Å². The number of nitrogens with one attached hydrogen (secondary N) is 1. The first-order valence-electron chi connectivity index (χ1n) is 2.92. The van der Waals surface area contributed by atoms with Gasteiger partial charge in [0.25, 0.3) is 0 Å². The third kappa shape index (κ3) is 4.01. The lowest BCUT2D eigenvalue weighted by atomic mass is 10.1. The van der Waals surface area contributed by atoms with Crippen molar-refractivity contribution in [2.75, 3.05) is 13.2 Å². The standard InChI is InChI=1S/C7H13NO/c1-4-5-8-7(2,3)6-9/h1,8-9H,5-6H2,2-3H3. The number of aliphatic hydroxyl groups excluding tert-OH is 1. The smallest absolute Gasteiger partial charge is 0.0608 e. The van der Waals surface area contributed by atoms with Crippen LogP contribution in [0, 0.1) is 12.3 Å². The monoisotopic (exact) mass is 127 g/mol. The molecule has 0 aliphatic heterocycles. The van der Waals surface area contributed by atoms with Crippen LogP contribution in [0.3, 0.4) is 0 Å². The van der Waals surface area contributed by atoms with E-state index >= 15 is 0 Å². The highest BCUT2D eigenvalue weighted by Gasteiger charge is 2.12. The van der Waals surface area contributed by atoms with Gasteiger partial charge in [0.05, 0.1) is 13.2 Å². The Hall–Kier alpha value is -0.520. The van der Waals surface area contributed by atoms with Crippen LogP contribution in [0.2, 0.25) is 0 Å². The maximum atomic E-state index is 8.69. The summed E-state index contributed by atoms with van der Waals surface area (Å²) < 4.78 is 0. The Morgan fingerprint density at radius 2 is 2.22 bits per heavy atom. The fraction of sp³-hybridized carbons (Fsp3) is 0.714. The predicted molar refractivity (Wildman–Crippen MR) is 38.0 cm³/mol. The molecule has 0 unspecified atom stereocenters. The molecule has 0 rings (SSSR count). The summed E-state index contributed by atoms with van der Waals surface area (Å²) in [5.74, 6) is 2.44. The molecular formula is C7H13NO. The van der Waals surface area contributed by atoms with E-state index in [-0.39, 0.29) is 12.1 Å². The zero-order valence-electron chi connectivity index (χ0n) is 5.94. The number of terminal acetylenes is 1. The molecule has 0 aromatic heterocycles. The van der Waals surface area contributed by atoms with Crippen molar-refractivity contribution in [1.29, 1.82) is 0 Å². The Kier molecular flexibility index (Phi) is 3.29. The van der Waals surface area contributed by atoms with E-state index in [9.17, 15) is 0 Å². The average molecular weight is 127 g/mol. The van der Waals surface area contributed by atoms with E-state index in [0.29, 0.717) is 6.54 Å². The first kappa shape index (κ1) is 8.48. The van der Waals surface area contributed by atoms with Crippen LogP contribution in [0.25, 0.3) is 0 Å². The van der Waals surface area contributed by atoms with Crippen molar-refractivity contribution < 1.29 is 5.11 Å². The molecule has 0 aliphatic rings. The predicted octanol–water partition coefficient (Wildman–Crippen LogP) is -0.0199. The average Bonchev–Trinajstić information content (AvgIpc) is 1.84. The number of hydrogen-bond donors (Lipinski definition) is 2. The van der Waals surface area contributed by atoms with E-state index in [1.165, 1.54) is 0 Å². The van der Waals surface area contributed by atoms with E-state index in [2.05, 4.69) is 11.2 Å². The van der Waals surface area contributed by atoms with Gasteiger partial charge in [-0.05, 0) is 13.8 Å². The molecule has 52 valence electrons. The van der Waals surface area contributed by atoms with Crippen LogP contribution >= 0.6 is 0 Å².